The van der Waals surface area contributed by atoms with Gasteiger partial charge < -0.3 is 20.5 Å². The Labute approximate surface area is 126 Å². The number of ether oxygens (including phenoxy) is 1. The first-order chi connectivity index (χ1) is 10.4. The van der Waals surface area contributed by atoms with Crippen LogP contribution in [0.5, 0.6) is 5.75 Å². The van der Waals surface area contributed by atoms with Gasteiger partial charge >= 0.3 is 11.8 Å². The number of hydrogen-bond acceptors (Lipinski definition) is 6. The van der Waals surface area contributed by atoms with E-state index in [1.165, 1.54) is 19.2 Å². The van der Waals surface area contributed by atoms with E-state index in [2.05, 4.69) is 10.6 Å². The van der Waals surface area contributed by atoms with E-state index >= 15 is 0 Å². The van der Waals surface area contributed by atoms with E-state index in [1.807, 2.05) is 0 Å². The Morgan fingerprint density at radius 3 is 2.59 bits per heavy atom. The maximum absolute atomic E-state index is 11.8. The molecule has 0 radical (unpaired) electrons. The number of benzene rings is 1. The van der Waals surface area contributed by atoms with Crippen LogP contribution in [0.2, 0.25) is 0 Å². The zero-order valence-electron chi connectivity index (χ0n) is 12.2. The molecule has 1 atom stereocenters. The van der Waals surface area contributed by atoms with Crippen LogP contribution in [-0.2, 0) is 9.59 Å². The molecule has 3 N–H and O–H groups in total. The number of non-ortho nitro benzene ring substituents is 1. The molecule has 0 aromatic heterocycles. The Bertz CT molecular complexity index is 571. The molecule has 0 bridgehead atoms. The average Bonchev–Trinajstić information content (AvgIpc) is 2.51. The number of nitro benzene ring substituents is 1. The molecule has 0 spiro atoms. The van der Waals surface area contributed by atoms with Gasteiger partial charge in [-0.25, -0.2) is 0 Å². The summed E-state index contributed by atoms with van der Waals surface area (Å²) in [5, 5.41) is 24.3. The van der Waals surface area contributed by atoms with E-state index in [0.717, 1.165) is 6.07 Å². The molecular formula is C13H17N3O6. The molecule has 1 rings (SSSR count). The van der Waals surface area contributed by atoms with Gasteiger partial charge in [0.25, 0.3) is 5.69 Å². The summed E-state index contributed by atoms with van der Waals surface area (Å²) in [6, 6.07) is 3.08. The van der Waals surface area contributed by atoms with Crippen molar-refractivity contribution in [1.82, 2.24) is 5.32 Å². The second kappa shape index (κ2) is 7.93. The number of carbonyl (C=O) groups excluding carboxylic acids is 2. The quantitative estimate of drug-likeness (QED) is 0.396. The molecule has 9 nitrogen and oxygen atoms in total. The van der Waals surface area contributed by atoms with Gasteiger partial charge in [-0.15, -0.1) is 0 Å². The molecule has 120 valence electrons. The van der Waals surface area contributed by atoms with Gasteiger partial charge in [0.15, 0.2) is 0 Å². The maximum atomic E-state index is 11.8. The zero-order chi connectivity index (χ0) is 16.7. The number of nitro groups is 1. The van der Waals surface area contributed by atoms with Crippen molar-refractivity contribution >= 4 is 23.2 Å². The molecule has 0 aliphatic heterocycles. The standard InChI is InChI=1S/C13H17N3O6/c1-3-8(7-17)14-12(18)13(19)15-10-6-9(16(20)21)4-5-11(10)22-2/h4-6,8,17H,3,7H2,1-2H3,(H,14,18)(H,15,19). The van der Waals surface area contributed by atoms with Crippen molar-refractivity contribution in [3.8, 4) is 5.75 Å². The first-order valence-corrected chi connectivity index (χ1v) is 6.48. The molecule has 9 heteroatoms. The van der Waals surface area contributed by atoms with Crippen LogP contribution in [0.25, 0.3) is 0 Å². The molecule has 1 unspecified atom stereocenters. The van der Waals surface area contributed by atoms with Crippen LogP contribution in [0.1, 0.15) is 13.3 Å². The summed E-state index contributed by atoms with van der Waals surface area (Å²) in [5.74, 6) is -1.78. The molecule has 0 aliphatic rings. The summed E-state index contributed by atoms with van der Waals surface area (Å²) in [4.78, 5) is 33.6. The lowest BCUT2D eigenvalue weighted by molar-refractivity contribution is -0.384. The highest BCUT2D eigenvalue weighted by Crippen LogP contribution is 2.28. The molecule has 1 aromatic rings. The van der Waals surface area contributed by atoms with Gasteiger partial charge in [-0.2, -0.15) is 0 Å². The van der Waals surface area contributed by atoms with E-state index in [-0.39, 0.29) is 23.7 Å². The van der Waals surface area contributed by atoms with Crippen LogP contribution in [0.4, 0.5) is 11.4 Å². The molecule has 0 saturated carbocycles. The number of rotatable bonds is 6. The van der Waals surface area contributed by atoms with E-state index in [9.17, 15) is 19.7 Å². The monoisotopic (exact) mass is 311 g/mol. The Kier molecular flexibility index (Phi) is 6.26. The van der Waals surface area contributed by atoms with Crippen LogP contribution in [0.3, 0.4) is 0 Å². The van der Waals surface area contributed by atoms with Crippen molar-refractivity contribution in [1.29, 1.82) is 0 Å². The molecule has 1 aromatic carbocycles. The lowest BCUT2D eigenvalue weighted by Gasteiger charge is -2.14. The van der Waals surface area contributed by atoms with Gasteiger partial charge in [0.05, 0.1) is 30.4 Å². The van der Waals surface area contributed by atoms with Crippen molar-refractivity contribution in [2.45, 2.75) is 19.4 Å². The fourth-order valence-electron chi connectivity index (χ4n) is 1.61. The third-order valence-corrected chi connectivity index (χ3v) is 2.90. The van der Waals surface area contributed by atoms with Crippen LogP contribution >= 0.6 is 0 Å². The van der Waals surface area contributed by atoms with E-state index in [1.54, 1.807) is 6.92 Å². The molecule has 0 aliphatic carbocycles. The van der Waals surface area contributed by atoms with Crippen molar-refractivity contribution in [3.05, 3.63) is 28.3 Å². The Hall–Kier alpha value is -2.68. The number of aliphatic hydroxyl groups excluding tert-OH is 1. The minimum absolute atomic E-state index is 0.00824. The number of carbonyl (C=O) groups is 2. The first-order valence-electron chi connectivity index (χ1n) is 6.48. The Morgan fingerprint density at radius 2 is 2.09 bits per heavy atom. The molecule has 0 fully saturated rings. The van der Waals surface area contributed by atoms with Gasteiger partial charge in [0, 0.05) is 12.1 Å². The van der Waals surface area contributed by atoms with Gasteiger partial charge in [0.1, 0.15) is 5.75 Å². The maximum Gasteiger partial charge on any atom is 0.313 e. The SMILES string of the molecule is CCC(CO)NC(=O)C(=O)Nc1cc([N+](=O)[O-])ccc1OC. The summed E-state index contributed by atoms with van der Waals surface area (Å²) in [7, 11) is 1.33. The minimum atomic E-state index is -1.01. The van der Waals surface area contributed by atoms with Crippen LogP contribution in [-0.4, -0.2) is 41.6 Å². The first kappa shape index (κ1) is 17.4. The molecule has 0 heterocycles. The predicted molar refractivity (Wildman–Crippen MR) is 77.6 cm³/mol. The molecule has 22 heavy (non-hydrogen) atoms. The van der Waals surface area contributed by atoms with Crippen molar-refractivity contribution in [2.75, 3.05) is 19.0 Å². The largest absolute Gasteiger partial charge is 0.495 e. The number of aliphatic hydroxyl groups is 1. The van der Waals surface area contributed by atoms with E-state index in [4.69, 9.17) is 9.84 Å². The lowest BCUT2D eigenvalue weighted by Crippen LogP contribution is -2.43. The third kappa shape index (κ3) is 4.42. The topological polar surface area (TPSA) is 131 Å². The number of nitrogens with zero attached hydrogens (tertiary/aromatic N) is 1. The highest BCUT2D eigenvalue weighted by Gasteiger charge is 2.20. The number of hydrogen-bond donors (Lipinski definition) is 3. The summed E-state index contributed by atoms with van der Waals surface area (Å²) < 4.78 is 4.98. The van der Waals surface area contributed by atoms with Crippen LogP contribution in [0.15, 0.2) is 18.2 Å². The molecule has 2 amide bonds. The van der Waals surface area contributed by atoms with Gasteiger partial charge in [-0.3, -0.25) is 19.7 Å². The van der Waals surface area contributed by atoms with Crippen molar-refractivity contribution < 1.29 is 24.4 Å². The average molecular weight is 311 g/mol. The highest BCUT2D eigenvalue weighted by atomic mass is 16.6. The fraction of sp³-hybridized carbons (Fsp3) is 0.385. The van der Waals surface area contributed by atoms with Crippen LogP contribution < -0.4 is 15.4 Å². The number of methoxy groups -OCH3 is 1. The summed E-state index contributed by atoms with van der Waals surface area (Å²) >= 11 is 0. The Balaban J connectivity index is 2.88. The van der Waals surface area contributed by atoms with Gasteiger partial charge in [-0.1, -0.05) is 6.92 Å². The van der Waals surface area contributed by atoms with Crippen molar-refractivity contribution in [3.63, 3.8) is 0 Å². The summed E-state index contributed by atoms with van der Waals surface area (Å²) in [5.41, 5.74) is -0.243. The number of nitrogens with one attached hydrogen (secondary N) is 2. The summed E-state index contributed by atoms with van der Waals surface area (Å²) in [6.07, 6.45) is 0.454. The van der Waals surface area contributed by atoms with E-state index in [0.29, 0.717) is 6.42 Å². The van der Waals surface area contributed by atoms with Gasteiger partial charge in [-0.05, 0) is 12.5 Å². The summed E-state index contributed by atoms with van der Waals surface area (Å²) in [6.45, 7) is 1.44. The number of anilines is 1. The second-order valence-electron chi connectivity index (χ2n) is 4.36. The zero-order valence-corrected chi connectivity index (χ0v) is 12.2. The number of amides is 2. The predicted octanol–water partition coefficient (Wildman–Crippen LogP) is 0.429. The fourth-order valence-corrected chi connectivity index (χ4v) is 1.61. The lowest BCUT2D eigenvalue weighted by atomic mass is 10.2. The smallest absolute Gasteiger partial charge is 0.313 e. The van der Waals surface area contributed by atoms with Crippen LogP contribution in [0, 0.1) is 10.1 Å². The Morgan fingerprint density at radius 1 is 1.41 bits per heavy atom. The highest BCUT2D eigenvalue weighted by molar-refractivity contribution is 6.39. The normalized spacial score (nSPS) is 11.4. The third-order valence-electron chi connectivity index (χ3n) is 2.90. The second-order valence-corrected chi connectivity index (χ2v) is 4.36. The van der Waals surface area contributed by atoms with Gasteiger partial charge in [0.2, 0.25) is 0 Å². The van der Waals surface area contributed by atoms with Crippen molar-refractivity contribution in [2.24, 2.45) is 0 Å². The molecule has 0 saturated heterocycles. The minimum Gasteiger partial charge on any atom is -0.495 e. The molecular weight excluding hydrogens is 294 g/mol. The van der Waals surface area contributed by atoms with E-state index < -0.39 is 22.8 Å².